The van der Waals surface area contributed by atoms with E-state index in [4.69, 9.17) is 4.74 Å². The fourth-order valence-electron chi connectivity index (χ4n) is 2.52. The molecular weight excluding hydrogens is 383 g/mol. The van der Waals surface area contributed by atoms with Crippen molar-refractivity contribution < 1.29 is 4.74 Å². The average Bonchev–Trinajstić information content (AvgIpc) is 2.83. The minimum atomic E-state index is 0. The molecule has 21 heavy (non-hydrogen) atoms. The number of methoxy groups -OCH3 is 1. The summed E-state index contributed by atoms with van der Waals surface area (Å²) in [6.07, 6.45) is 2.98. The zero-order valence-corrected chi connectivity index (χ0v) is 15.6. The van der Waals surface area contributed by atoms with E-state index in [0.717, 1.165) is 18.2 Å². The number of aromatic nitrogens is 3. The molecule has 1 fully saturated rings. The van der Waals surface area contributed by atoms with Gasteiger partial charge in [0.15, 0.2) is 11.8 Å². The molecule has 1 aromatic heterocycles. The first kappa shape index (κ1) is 18.1. The van der Waals surface area contributed by atoms with Gasteiger partial charge in [-0.1, -0.05) is 13.8 Å². The Morgan fingerprint density at radius 3 is 2.76 bits per heavy atom. The number of halogens is 1. The Kier molecular flexibility index (Phi) is 6.39. The number of aliphatic imine (C=N–C) groups is 1. The van der Waals surface area contributed by atoms with Crippen LogP contribution >= 0.6 is 24.0 Å². The molecular formula is C13H25IN6O. The molecule has 1 saturated carbocycles. The molecule has 1 heterocycles. The van der Waals surface area contributed by atoms with Crippen LogP contribution in [0.5, 0.6) is 0 Å². The van der Waals surface area contributed by atoms with Gasteiger partial charge in [-0.05, 0) is 6.42 Å². The van der Waals surface area contributed by atoms with E-state index in [1.54, 1.807) is 20.5 Å². The van der Waals surface area contributed by atoms with Gasteiger partial charge in [-0.25, -0.2) is 0 Å². The summed E-state index contributed by atoms with van der Waals surface area (Å²) in [6, 6.07) is 0.359. The monoisotopic (exact) mass is 408 g/mol. The zero-order valence-electron chi connectivity index (χ0n) is 13.3. The fourth-order valence-corrected chi connectivity index (χ4v) is 2.52. The molecule has 7 nitrogen and oxygen atoms in total. The molecule has 8 heteroatoms. The van der Waals surface area contributed by atoms with Crippen LogP contribution in [0.3, 0.4) is 0 Å². The number of nitrogens with one attached hydrogen (secondary N) is 2. The van der Waals surface area contributed by atoms with Gasteiger partial charge in [-0.15, -0.1) is 34.2 Å². The predicted molar refractivity (Wildman–Crippen MR) is 92.7 cm³/mol. The summed E-state index contributed by atoms with van der Waals surface area (Å²) in [5.74, 6) is 1.65. The number of ether oxygens (including phenoxy) is 1. The molecule has 0 spiro atoms. The van der Waals surface area contributed by atoms with E-state index in [0.29, 0.717) is 18.7 Å². The van der Waals surface area contributed by atoms with Crippen molar-refractivity contribution in [1.29, 1.82) is 0 Å². The van der Waals surface area contributed by atoms with Gasteiger partial charge in [-0.2, -0.15) is 0 Å². The lowest BCUT2D eigenvalue weighted by molar-refractivity contribution is -0.0922. The summed E-state index contributed by atoms with van der Waals surface area (Å²) in [4.78, 5) is 4.25. The van der Waals surface area contributed by atoms with E-state index < -0.39 is 0 Å². The standard InChI is InChI=1S/C13H24N6O.HI/c1-13(2)9(6-10(13)20-5)17-12(14-3)15-7-11-18-16-8-19(11)4;/h8-10H,6-7H2,1-5H3,(H2,14,15,17);1H. The summed E-state index contributed by atoms with van der Waals surface area (Å²) in [6.45, 7) is 5.01. The summed E-state index contributed by atoms with van der Waals surface area (Å²) < 4.78 is 7.34. The van der Waals surface area contributed by atoms with Crippen LogP contribution in [0.25, 0.3) is 0 Å². The fraction of sp³-hybridized carbons (Fsp3) is 0.769. The van der Waals surface area contributed by atoms with Crippen LogP contribution in [0, 0.1) is 5.41 Å². The summed E-state index contributed by atoms with van der Waals surface area (Å²) in [5, 5.41) is 14.6. The van der Waals surface area contributed by atoms with Crippen molar-refractivity contribution in [3.63, 3.8) is 0 Å². The van der Waals surface area contributed by atoms with Crippen LogP contribution in [0.2, 0.25) is 0 Å². The maximum absolute atomic E-state index is 5.46. The van der Waals surface area contributed by atoms with Crippen molar-refractivity contribution in [1.82, 2.24) is 25.4 Å². The largest absolute Gasteiger partial charge is 0.381 e. The molecule has 2 rings (SSSR count). The first-order chi connectivity index (χ1) is 9.48. The normalized spacial score (nSPS) is 24.0. The van der Waals surface area contributed by atoms with E-state index in [9.17, 15) is 0 Å². The molecule has 0 radical (unpaired) electrons. The summed E-state index contributed by atoms with van der Waals surface area (Å²) in [7, 11) is 5.46. The number of rotatable bonds is 4. The van der Waals surface area contributed by atoms with Crippen molar-refractivity contribution in [3.05, 3.63) is 12.2 Å². The molecule has 2 atom stereocenters. The number of nitrogens with zero attached hydrogens (tertiary/aromatic N) is 4. The van der Waals surface area contributed by atoms with Crippen LogP contribution in [-0.4, -0.2) is 47.0 Å². The lowest BCUT2D eigenvalue weighted by Crippen LogP contribution is -2.63. The summed E-state index contributed by atoms with van der Waals surface area (Å²) >= 11 is 0. The van der Waals surface area contributed by atoms with Crippen molar-refractivity contribution in [2.75, 3.05) is 14.2 Å². The van der Waals surface area contributed by atoms with Gasteiger partial charge in [0.1, 0.15) is 6.33 Å². The molecule has 2 N–H and O–H groups in total. The van der Waals surface area contributed by atoms with E-state index >= 15 is 0 Å². The van der Waals surface area contributed by atoms with Gasteiger partial charge in [0.25, 0.3) is 0 Å². The first-order valence-electron chi connectivity index (χ1n) is 6.82. The lowest BCUT2D eigenvalue weighted by atomic mass is 9.64. The Bertz CT molecular complexity index is 487. The van der Waals surface area contributed by atoms with Crippen LogP contribution in [0.1, 0.15) is 26.1 Å². The Labute approximate surface area is 143 Å². The Morgan fingerprint density at radius 2 is 2.29 bits per heavy atom. The highest BCUT2D eigenvalue weighted by Gasteiger charge is 2.48. The van der Waals surface area contributed by atoms with E-state index in [-0.39, 0.29) is 29.4 Å². The highest BCUT2D eigenvalue weighted by molar-refractivity contribution is 14.0. The van der Waals surface area contributed by atoms with Gasteiger partial charge < -0.3 is 19.9 Å². The van der Waals surface area contributed by atoms with Crippen LogP contribution in [0.15, 0.2) is 11.3 Å². The van der Waals surface area contributed by atoms with Gasteiger partial charge >= 0.3 is 0 Å². The van der Waals surface area contributed by atoms with Crippen LogP contribution in [0.4, 0.5) is 0 Å². The van der Waals surface area contributed by atoms with Crippen molar-refractivity contribution in [2.24, 2.45) is 17.5 Å². The first-order valence-corrected chi connectivity index (χ1v) is 6.82. The van der Waals surface area contributed by atoms with Crippen molar-refractivity contribution in [2.45, 2.75) is 39.0 Å². The molecule has 1 aliphatic carbocycles. The Balaban J connectivity index is 0.00000220. The molecule has 0 bridgehead atoms. The molecule has 1 aromatic rings. The molecule has 1 aliphatic rings. The third-order valence-corrected chi connectivity index (χ3v) is 4.22. The van der Waals surface area contributed by atoms with E-state index in [2.05, 4.69) is 39.7 Å². The van der Waals surface area contributed by atoms with Crippen LogP contribution < -0.4 is 10.6 Å². The Hall–Kier alpha value is -0.900. The van der Waals surface area contributed by atoms with Gasteiger partial charge in [0.2, 0.25) is 0 Å². The van der Waals surface area contributed by atoms with E-state index in [1.165, 1.54) is 0 Å². The highest BCUT2D eigenvalue weighted by atomic mass is 127. The van der Waals surface area contributed by atoms with Gasteiger partial charge in [0.05, 0.1) is 12.6 Å². The second-order valence-electron chi connectivity index (χ2n) is 5.76. The second kappa shape index (κ2) is 7.39. The van der Waals surface area contributed by atoms with Gasteiger partial charge in [0, 0.05) is 32.7 Å². The minimum absolute atomic E-state index is 0. The van der Waals surface area contributed by atoms with Gasteiger partial charge in [-0.3, -0.25) is 4.99 Å². The Morgan fingerprint density at radius 1 is 1.57 bits per heavy atom. The second-order valence-corrected chi connectivity index (χ2v) is 5.76. The molecule has 0 aliphatic heterocycles. The number of hydrogen-bond donors (Lipinski definition) is 2. The zero-order chi connectivity index (χ0) is 14.8. The number of aryl methyl sites for hydroxylation is 1. The SMILES string of the molecule is CN=C(NCc1nncn1C)NC1CC(OC)C1(C)C.I. The lowest BCUT2D eigenvalue weighted by Gasteiger charge is -2.51. The van der Waals surface area contributed by atoms with Crippen LogP contribution in [-0.2, 0) is 18.3 Å². The third kappa shape index (κ3) is 3.85. The third-order valence-electron chi connectivity index (χ3n) is 4.22. The number of guanidine groups is 1. The highest BCUT2D eigenvalue weighted by Crippen LogP contribution is 2.42. The average molecular weight is 408 g/mol. The molecule has 0 saturated heterocycles. The molecule has 0 aromatic carbocycles. The summed E-state index contributed by atoms with van der Waals surface area (Å²) in [5.41, 5.74) is 0.108. The topological polar surface area (TPSA) is 76.4 Å². The van der Waals surface area contributed by atoms with Crippen molar-refractivity contribution in [3.8, 4) is 0 Å². The number of hydrogen-bond acceptors (Lipinski definition) is 4. The smallest absolute Gasteiger partial charge is 0.191 e. The molecule has 2 unspecified atom stereocenters. The molecule has 0 amide bonds. The maximum atomic E-state index is 5.46. The predicted octanol–water partition coefficient (Wildman–Crippen LogP) is 0.912. The van der Waals surface area contributed by atoms with E-state index in [1.807, 2.05) is 11.6 Å². The maximum Gasteiger partial charge on any atom is 0.191 e. The minimum Gasteiger partial charge on any atom is -0.381 e. The van der Waals surface area contributed by atoms with Crippen molar-refractivity contribution >= 4 is 29.9 Å². The quantitative estimate of drug-likeness (QED) is 0.440. The molecule has 120 valence electrons.